The molecule has 0 radical (unpaired) electrons. The van der Waals surface area contributed by atoms with Crippen LogP contribution in [0.1, 0.15) is 45.6 Å². The summed E-state index contributed by atoms with van der Waals surface area (Å²) in [6.07, 6.45) is 0.413. The highest BCUT2D eigenvalue weighted by molar-refractivity contribution is 7.89. The fourth-order valence-electron chi connectivity index (χ4n) is 6.75. The van der Waals surface area contributed by atoms with Crippen molar-refractivity contribution in [1.29, 1.82) is 0 Å². The predicted molar refractivity (Wildman–Crippen MR) is 179 cm³/mol. The maximum atomic E-state index is 14.2. The normalized spacial score (nSPS) is 22.8. The summed E-state index contributed by atoms with van der Waals surface area (Å²) >= 11 is 0. The number of nitrogens with one attached hydrogen (secondary N) is 1. The van der Waals surface area contributed by atoms with Crippen LogP contribution in [0.15, 0.2) is 57.8 Å². The fraction of sp³-hybridized carbons (Fsp3) is 0.588. The SMILES string of the molecule is CCN(c1nc2ccc(S(=O)(=O)N(CC(C)C)CC(O)C(Cc3ccccc3)NC(=O)OC3COC4OCCC34)cc2o1)N1CCCC1. The van der Waals surface area contributed by atoms with Crippen LogP contribution in [0.2, 0.25) is 0 Å². The Hall–Kier alpha value is -3.27. The average Bonchev–Trinajstić information content (AvgIpc) is 3.88. The van der Waals surface area contributed by atoms with Crippen LogP contribution in [-0.4, -0.2) is 104 Å². The molecule has 2 aromatic carbocycles. The third-order valence-electron chi connectivity index (χ3n) is 9.20. The molecule has 1 amide bonds. The van der Waals surface area contributed by atoms with E-state index in [1.807, 2.05) is 56.1 Å². The molecule has 5 unspecified atom stereocenters. The third-order valence-corrected chi connectivity index (χ3v) is 11.0. The van der Waals surface area contributed by atoms with Gasteiger partial charge in [0.15, 0.2) is 11.9 Å². The van der Waals surface area contributed by atoms with Crippen molar-refractivity contribution in [3.63, 3.8) is 0 Å². The molecule has 262 valence electrons. The second-order valence-electron chi connectivity index (χ2n) is 13.2. The molecule has 0 aliphatic carbocycles. The third kappa shape index (κ3) is 7.79. The lowest BCUT2D eigenvalue weighted by molar-refractivity contribution is -0.0907. The summed E-state index contributed by atoms with van der Waals surface area (Å²) in [4.78, 5) is 17.8. The van der Waals surface area contributed by atoms with Crippen LogP contribution < -0.4 is 10.3 Å². The first-order chi connectivity index (χ1) is 23.1. The molecule has 4 heterocycles. The van der Waals surface area contributed by atoms with Gasteiger partial charge in [-0.1, -0.05) is 44.2 Å². The highest BCUT2D eigenvalue weighted by Gasteiger charge is 2.44. The van der Waals surface area contributed by atoms with Crippen molar-refractivity contribution in [3.05, 3.63) is 54.1 Å². The molecule has 3 saturated heterocycles. The molecule has 3 fully saturated rings. The van der Waals surface area contributed by atoms with Crippen LogP contribution in [0.4, 0.5) is 10.8 Å². The Balaban J connectivity index is 1.21. The number of aromatic nitrogens is 1. The Morgan fingerprint density at radius 2 is 1.90 bits per heavy atom. The van der Waals surface area contributed by atoms with E-state index < -0.39 is 34.4 Å². The number of alkyl carbamates (subject to hydrolysis) is 1. The van der Waals surface area contributed by atoms with Gasteiger partial charge in [0.1, 0.15) is 11.6 Å². The maximum absolute atomic E-state index is 14.2. The van der Waals surface area contributed by atoms with Crippen molar-refractivity contribution in [3.8, 4) is 0 Å². The number of anilines is 1. The second-order valence-corrected chi connectivity index (χ2v) is 15.1. The Morgan fingerprint density at radius 3 is 2.62 bits per heavy atom. The van der Waals surface area contributed by atoms with Gasteiger partial charge in [-0.15, -0.1) is 0 Å². The quantitative estimate of drug-likeness (QED) is 0.256. The minimum Gasteiger partial charge on any atom is -0.443 e. The topological polar surface area (TPSA) is 147 Å². The van der Waals surface area contributed by atoms with E-state index in [-0.39, 0.29) is 49.1 Å². The second kappa shape index (κ2) is 15.1. The minimum absolute atomic E-state index is 0.0383. The number of carbonyl (C=O) groups excluding carboxylic acids is 1. The van der Waals surface area contributed by atoms with Gasteiger partial charge in [0, 0.05) is 38.8 Å². The number of carbonyl (C=O) groups is 1. The largest absolute Gasteiger partial charge is 0.443 e. The number of oxazole rings is 1. The van der Waals surface area contributed by atoms with Gasteiger partial charge in [-0.05, 0) is 56.2 Å². The van der Waals surface area contributed by atoms with Crippen molar-refractivity contribution in [2.24, 2.45) is 11.8 Å². The van der Waals surface area contributed by atoms with E-state index in [2.05, 4.69) is 15.3 Å². The van der Waals surface area contributed by atoms with E-state index in [9.17, 15) is 18.3 Å². The molecule has 3 aliphatic heterocycles. The number of benzene rings is 2. The Morgan fingerprint density at radius 1 is 1.12 bits per heavy atom. The summed E-state index contributed by atoms with van der Waals surface area (Å²) in [7, 11) is -4.09. The lowest BCUT2D eigenvalue weighted by Gasteiger charge is -2.31. The molecule has 3 aromatic rings. The summed E-state index contributed by atoms with van der Waals surface area (Å²) in [6, 6.07) is 13.7. The first kappa shape index (κ1) is 34.6. The van der Waals surface area contributed by atoms with Crippen LogP contribution in [0.25, 0.3) is 11.1 Å². The maximum Gasteiger partial charge on any atom is 0.407 e. The molecule has 0 bridgehead atoms. The molecule has 2 N–H and O–H groups in total. The Kier molecular flexibility index (Phi) is 10.9. The van der Waals surface area contributed by atoms with E-state index in [1.54, 1.807) is 6.07 Å². The van der Waals surface area contributed by atoms with Crippen LogP contribution in [0.3, 0.4) is 0 Å². The number of hydrazine groups is 1. The van der Waals surface area contributed by atoms with Gasteiger partial charge in [0.25, 0.3) is 0 Å². The van der Waals surface area contributed by atoms with Gasteiger partial charge in [0.05, 0.1) is 36.2 Å². The lowest BCUT2D eigenvalue weighted by Crippen LogP contribution is -2.51. The Bertz CT molecular complexity index is 1630. The van der Waals surface area contributed by atoms with Gasteiger partial charge in [-0.2, -0.15) is 9.29 Å². The molecule has 0 spiro atoms. The number of rotatable bonds is 14. The number of aliphatic hydroxyl groups excluding tert-OH is 1. The standard InChI is InChI=1S/C34H47N5O8S/c1-4-39(37-15-8-9-16-37)33-35-27-13-12-25(19-30(27)46-33)48(42,43)38(20-23(2)3)21-29(40)28(18-24-10-6-5-7-11-24)36-34(41)47-31-22-45-32-26(31)14-17-44-32/h5-7,10-13,19,23,26,28-29,31-32,40H,4,8-9,14-18,20-22H2,1-3H3,(H,36,41). The van der Waals surface area contributed by atoms with Crippen LogP contribution >= 0.6 is 0 Å². The molecule has 6 rings (SSSR count). The molecular formula is C34H47N5O8S. The zero-order valence-electron chi connectivity index (χ0n) is 27.9. The van der Waals surface area contributed by atoms with Gasteiger partial charge >= 0.3 is 12.1 Å². The monoisotopic (exact) mass is 685 g/mol. The molecule has 5 atom stereocenters. The minimum atomic E-state index is -4.09. The summed E-state index contributed by atoms with van der Waals surface area (Å²) < 4.78 is 52.6. The number of fused-ring (bicyclic) bond motifs is 2. The average molecular weight is 686 g/mol. The molecule has 1 aromatic heterocycles. The molecule has 48 heavy (non-hydrogen) atoms. The van der Waals surface area contributed by atoms with Gasteiger partial charge in [-0.25, -0.2) is 18.2 Å². The summed E-state index contributed by atoms with van der Waals surface area (Å²) in [5.74, 6) is -0.0800. The summed E-state index contributed by atoms with van der Waals surface area (Å²) in [5, 5.41) is 18.7. The fourth-order valence-corrected chi connectivity index (χ4v) is 8.38. The summed E-state index contributed by atoms with van der Waals surface area (Å²) in [6.45, 7) is 9.06. The zero-order chi connectivity index (χ0) is 33.8. The van der Waals surface area contributed by atoms with Gasteiger partial charge in [-0.3, -0.25) is 5.01 Å². The van der Waals surface area contributed by atoms with Crippen LogP contribution in [0.5, 0.6) is 0 Å². The van der Waals surface area contributed by atoms with Gasteiger partial charge < -0.3 is 29.1 Å². The number of hydrogen-bond donors (Lipinski definition) is 2. The molecule has 14 heteroatoms. The number of amides is 1. The van der Waals surface area contributed by atoms with E-state index in [4.69, 9.17) is 18.6 Å². The molecule has 3 aliphatic rings. The molecule has 0 saturated carbocycles. The van der Waals surface area contributed by atoms with Gasteiger partial charge in [0.2, 0.25) is 10.0 Å². The number of nitrogens with zero attached hydrogens (tertiary/aromatic N) is 4. The van der Waals surface area contributed by atoms with Crippen LogP contribution in [-0.2, 0) is 30.7 Å². The van der Waals surface area contributed by atoms with Crippen molar-refractivity contribution >= 4 is 33.2 Å². The van der Waals surface area contributed by atoms with Crippen molar-refractivity contribution in [2.45, 2.75) is 75.9 Å². The molecule has 13 nitrogen and oxygen atoms in total. The van der Waals surface area contributed by atoms with Crippen molar-refractivity contribution in [2.75, 3.05) is 50.9 Å². The van der Waals surface area contributed by atoms with Crippen LogP contribution in [0, 0.1) is 11.8 Å². The number of hydrogen-bond acceptors (Lipinski definition) is 11. The van der Waals surface area contributed by atoms with E-state index >= 15 is 0 Å². The van der Waals surface area contributed by atoms with Crippen molar-refractivity contribution in [1.82, 2.24) is 19.6 Å². The first-order valence-corrected chi connectivity index (χ1v) is 18.4. The van der Waals surface area contributed by atoms with E-state index in [0.717, 1.165) is 37.9 Å². The highest BCUT2D eigenvalue weighted by Crippen LogP contribution is 2.33. The highest BCUT2D eigenvalue weighted by atomic mass is 32.2. The number of aliphatic hydroxyl groups is 1. The number of ether oxygens (including phenoxy) is 3. The van der Waals surface area contributed by atoms with Crippen molar-refractivity contribution < 1.29 is 36.9 Å². The summed E-state index contributed by atoms with van der Waals surface area (Å²) in [5.41, 5.74) is 1.80. The zero-order valence-corrected chi connectivity index (χ0v) is 28.7. The van der Waals surface area contributed by atoms with E-state index in [0.29, 0.717) is 30.3 Å². The lowest BCUT2D eigenvalue weighted by atomic mass is 10.0. The van der Waals surface area contributed by atoms with E-state index in [1.165, 1.54) is 16.4 Å². The number of sulfonamides is 1. The molecular weight excluding hydrogens is 638 g/mol. The first-order valence-electron chi connectivity index (χ1n) is 17.0. The smallest absolute Gasteiger partial charge is 0.407 e. The Labute approximate surface area is 282 Å². The predicted octanol–water partition coefficient (Wildman–Crippen LogP) is 3.77.